The van der Waals surface area contributed by atoms with Crippen molar-refractivity contribution >= 4 is 0 Å². The normalized spacial score (nSPS) is 13.8. The summed E-state index contributed by atoms with van der Waals surface area (Å²) in [5.41, 5.74) is 2.76. The molecule has 0 fully saturated rings. The Bertz CT molecular complexity index is 369. The highest BCUT2D eigenvalue weighted by molar-refractivity contribution is 5.31. The molecule has 0 saturated heterocycles. The topological polar surface area (TPSA) is 52.5 Å². The molecule has 1 atom stereocenters. The first-order valence-electron chi connectivity index (χ1n) is 5.97. The molecule has 0 aliphatic heterocycles. The zero-order chi connectivity index (χ0) is 13.1. The van der Waals surface area contributed by atoms with Gasteiger partial charge in [0, 0.05) is 12.1 Å². The summed E-state index contributed by atoms with van der Waals surface area (Å²) in [5, 5.41) is 22.5. The van der Waals surface area contributed by atoms with Gasteiger partial charge in [-0.25, -0.2) is 0 Å². The Hall–Kier alpha value is -0.900. The summed E-state index contributed by atoms with van der Waals surface area (Å²) in [4.78, 5) is 0. The molecule has 0 heterocycles. The van der Waals surface area contributed by atoms with E-state index in [1.54, 1.807) is 0 Å². The molecule has 3 nitrogen and oxygen atoms in total. The summed E-state index contributed by atoms with van der Waals surface area (Å²) in [7, 11) is 0. The van der Waals surface area contributed by atoms with Gasteiger partial charge in [-0.3, -0.25) is 0 Å². The number of hydrogen-bond acceptors (Lipinski definition) is 3. The van der Waals surface area contributed by atoms with Crippen LogP contribution in [0, 0.1) is 6.92 Å². The summed E-state index contributed by atoms with van der Waals surface area (Å²) < 4.78 is 0. The number of aryl methyl sites for hydroxylation is 1. The van der Waals surface area contributed by atoms with Crippen molar-refractivity contribution in [2.45, 2.75) is 45.9 Å². The van der Waals surface area contributed by atoms with Crippen LogP contribution in [-0.4, -0.2) is 22.3 Å². The average Bonchev–Trinajstić information content (AvgIpc) is 2.25. The van der Waals surface area contributed by atoms with Gasteiger partial charge in [0.25, 0.3) is 0 Å². The number of nitrogens with one attached hydrogen (secondary N) is 1. The highest BCUT2D eigenvalue weighted by atomic mass is 16.3. The molecule has 0 amide bonds. The van der Waals surface area contributed by atoms with Gasteiger partial charge in [0.15, 0.2) is 0 Å². The minimum Gasteiger partial charge on any atom is -0.392 e. The van der Waals surface area contributed by atoms with E-state index in [1.165, 1.54) is 0 Å². The standard InChI is InChI=1S/C14H23NO2/c1-10-5-6-11(7-12(10)9-16)13(17)8-15-14(2,3)4/h5-7,13,15-17H,8-9H2,1-4H3/t13-/m0/s1. The van der Waals surface area contributed by atoms with E-state index >= 15 is 0 Å². The van der Waals surface area contributed by atoms with Crippen LogP contribution >= 0.6 is 0 Å². The number of rotatable bonds is 4. The summed E-state index contributed by atoms with van der Waals surface area (Å²) in [6.45, 7) is 8.67. The zero-order valence-electron chi connectivity index (χ0n) is 11.1. The smallest absolute Gasteiger partial charge is 0.0914 e. The molecule has 0 aromatic heterocycles. The molecule has 96 valence electrons. The molecule has 0 saturated carbocycles. The Balaban J connectivity index is 2.72. The Morgan fingerprint density at radius 3 is 2.47 bits per heavy atom. The molecule has 3 heteroatoms. The maximum Gasteiger partial charge on any atom is 0.0914 e. The van der Waals surface area contributed by atoms with Crippen LogP contribution in [0.1, 0.15) is 43.6 Å². The van der Waals surface area contributed by atoms with E-state index in [-0.39, 0.29) is 12.1 Å². The van der Waals surface area contributed by atoms with Gasteiger partial charge in [-0.05, 0) is 44.4 Å². The van der Waals surface area contributed by atoms with E-state index < -0.39 is 6.10 Å². The van der Waals surface area contributed by atoms with Crippen molar-refractivity contribution in [2.75, 3.05) is 6.54 Å². The zero-order valence-corrected chi connectivity index (χ0v) is 11.1. The van der Waals surface area contributed by atoms with Crippen molar-refractivity contribution in [2.24, 2.45) is 0 Å². The van der Waals surface area contributed by atoms with Crippen LogP contribution in [-0.2, 0) is 6.61 Å². The van der Waals surface area contributed by atoms with Gasteiger partial charge >= 0.3 is 0 Å². The highest BCUT2D eigenvalue weighted by Gasteiger charge is 2.14. The first kappa shape index (κ1) is 14.2. The highest BCUT2D eigenvalue weighted by Crippen LogP contribution is 2.18. The van der Waals surface area contributed by atoms with E-state index in [9.17, 15) is 10.2 Å². The van der Waals surface area contributed by atoms with Gasteiger partial charge in [-0.1, -0.05) is 18.2 Å². The van der Waals surface area contributed by atoms with E-state index in [0.717, 1.165) is 16.7 Å². The lowest BCUT2D eigenvalue weighted by atomic mass is 10.0. The summed E-state index contributed by atoms with van der Waals surface area (Å²) in [6.07, 6.45) is -0.542. The van der Waals surface area contributed by atoms with Crippen LogP contribution < -0.4 is 5.32 Å². The lowest BCUT2D eigenvalue weighted by molar-refractivity contribution is 0.163. The third kappa shape index (κ3) is 4.46. The van der Waals surface area contributed by atoms with Gasteiger partial charge < -0.3 is 15.5 Å². The largest absolute Gasteiger partial charge is 0.392 e. The Morgan fingerprint density at radius 2 is 1.94 bits per heavy atom. The Labute approximate surface area is 103 Å². The predicted molar refractivity (Wildman–Crippen MR) is 69.8 cm³/mol. The lowest BCUT2D eigenvalue weighted by Gasteiger charge is -2.23. The molecule has 17 heavy (non-hydrogen) atoms. The first-order chi connectivity index (χ1) is 7.83. The van der Waals surface area contributed by atoms with Crippen LogP contribution in [0.25, 0.3) is 0 Å². The van der Waals surface area contributed by atoms with Crippen LogP contribution in [0.5, 0.6) is 0 Å². The van der Waals surface area contributed by atoms with E-state index in [0.29, 0.717) is 6.54 Å². The monoisotopic (exact) mass is 237 g/mol. The molecule has 3 N–H and O–H groups in total. The maximum atomic E-state index is 10.1. The van der Waals surface area contributed by atoms with Crippen molar-refractivity contribution in [3.05, 3.63) is 34.9 Å². The molecule has 1 aromatic rings. The second-order valence-electron chi connectivity index (χ2n) is 5.49. The van der Waals surface area contributed by atoms with E-state index in [4.69, 9.17) is 0 Å². The number of aliphatic hydroxyl groups is 2. The molecule has 0 aliphatic rings. The number of hydrogen-bond donors (Lipinski definition) is 3. The molecule has 0 aliphatic carbocycles. The van der Waals surface area contributed by atoms with Crippen LogP contribution in [0.4, 0.5) is 0 Å². The SMILES string of the molecule is Cc1ccc([C@@H](O)CNC(C)(C)C)cc1CO. The van der Waals surface area contributed by atoms with Crippen LogP contribution in [0.15, 0.2) is 18.2 Å². The van der Waals surface area contributed by atoms with Crippen molar-refractivity contribution in [1.82, 2.24) is 5.32 Å². The van der Waals surface area contributed by atoms with Crippen LogP contribution in [0.3, 0.4) is 0 Å². The minimum absolute atomic E-state index is 0.00845. The Kier molecular flexibility index (Phi) is 4.69. The molecular formula is C14H23NO2. The number of β-amino-alcohol motifs (C(OH)–C–C–N with tert-alkyl or cyclic N) is 1. The number of aliphatic hydroxyl groups excluding tert-OH is 2. The second kappa shape index (κ2) is 5.63. The van der Waals surface area contributed by atoms with Crippen molar-refractivity contribution in [3.8, 4) is 0 Å². The molecule has 0 spiro atoms. The minimum atomic E-state index is -0.542. The summed E-state index contributed by atoms with van der Waals surface area (Å²) in [5.74, 6) is 0. The fourth-order valence-corrected chi connectivity index (χ4v) is 1.59. The predicted octanol–water partition coefficient (Wildman–Crippen LogP) is 1.91. The molecular weight excluding hydrogens is 214 g/mol. The third-order valence-electron chi connectivity index (χ3n) is 2.75. The average molecular weight is 237 g/mol. The summed E-state index contributed by atoms with van der Waals surface area (Å²) >= 11 is 0. The molecule has 0 unspecified atom stereocenters. The van der Waals surface area contributed by atoms with Crippen molar-refractivity contribution < 1.29 is 10.2 Å². The quantitative estimate of drug-likeness (QED) is 0.750. The maximum absolute atomic E-state index is 10.1. The molecule has 1 rings (SSSR count). The molecule has 0 radical (unpaired) electrons. The van der Waals surface area contributed by atoms with Gasteiger partial charge in [0.05, 0.1) is 12.7 Å². The van der Waals surface area contributed by atoms with Gasteiger partial charge in [-0.2, -0.15) is 0 Å². The summed E-state index contributed by atoms with van der Waals surface area (Å²) in [6, 6.07) is 5.70. The Morgan fingerprint density at radius 1 is 1.29 bits per heavy atom. The fraction of sp³-hybridized carbons (Fsp3) is 0.571. The van der Waals surface area contributed by atoms with Gasteiger partial charge in [0.2, 0.25) is 0 Å². The van der Waals surface area contributed by atoms with E-state index in [1.807, 2.05) is 25.1 Å². The first-order valence-corrected chi connectivity index (χ1v) is 5.97. The second-order valence-corrected chi connectivity index (χ2v) is 5.49. The van der Waals surface area contributed by atoms with Crippen molar-refractivity contribution in [1.29, 1.82) is 0 Å². The van der Waals surface area contributed by atoms with Crippen molar-refractivity contribution in [3.63, 3.8) is 0 Å². The van der Waals surface area contributed by atoms with Gasteiger partial charge in [-0.15, -0.1) is 0 Å². The molecule has 0 bridgehead atoms. The van der Waals surface area contributed by atoms with Gasteiger partial charge in [0.1, 0.15) is 0 Å². The molecule has 1 aromatic carbocycles. The fourth-order valence-electron chi connectivity index (χ4n) is 1.59. The number of benzene rings is 1. The van der Waals surface area contributed by atoms with E-state index in [2.05, 4.69) is 26.1 Å². The van der Waals surface area contributed by atoms with Crippen LogP contribution in [0.2, 0.25) is 0 Å². The lowest BCUT2D eigenvalue weighted by Crippen LogP contribution is -2.38. The third-order valence-corrected chi connectivity index (χ3v) is 2.75.